The van der Waals surface area contributed by atoms with Gasteiger partial charge in [-0.1, -0.05) is 57.0 Å². The first-order valence-corrected chi connectivity index (χ1v) is 11.0. The lowest BCUT2D eigenvalue weighted by atomic mass is 10.0. The first-order valence-electron chi connectivity index (χ1n) is 11.0. The molecule has 0 aliphatic carbocycles. The van der Waals surface area contributed by atoms with Gasteiger partial charge in [-0.2, -0.15) is 0 Å². The molecular weight excluding hydrogens is 375 g/mol. The molecule has 4 heteroatoms. The van der Waals surface area contributed by atoms with Crippen molar-refractivity contribution in [2.75, 3.05) is 32.1 Å². The molecule has 0 aliphatic rings. The summed E-state index contributed by atoms with van der Waals surface area (Å²) in [6, 6.07) is 12.9. The molecule has 0 saturated carbocycles. The van der Waals surface area contributed by atoms with Gasteiger partial charge in [-0.05, 0) is 62.3 Å². The summed E-state index contributed by atoms with van der Waals surface area (Å²) in [6.45, 7) is 6.91. The van der Waals surface area contributed by atoms with Gasteiger partial charge in [0.1, 0.15) is 5.82 Å². The lowest BCUT2D eigenvalue weighted by molar-refractivity contribution is 0.104. The van der Waals surface area contributed by atoms with Crippen LogP contribution in [-0.4, -0.2) is 37.9 Å². The van der Waals surface area contributed by atoms with Crippen molar-refractivity contribution in [2.24, 2.45) is 0 Å². The van der Waals surface area contributed by atoms with E-state index < -0.39 is 5.82 Å². The fourth-order valence-electron chi connectivity index (χ4n) is 3.41. The van der Waals surface area contributed by atoms with Crippen LogP contribution >= 0.6 is 0 Å². The van der Waals surface area contributed by atoms with Gasteiger partial charge in [0.25, 0.3) is 0 Å². The Hall–Kier alpha value is -2.46. The van der Waals surface area contributed by atoms with Crippen molar-refractivity contribution in [3.8, 4) is 0 Å². The Labute approximate surface area is 181 Å². The zero-order valence-electron chi connectivity index (χ0n) is 18.8. The molecule has 2 rings (SSSR count). The molecule has 30 heavy (non-hydrogen) atoms. The van der Waals surface area contributed by atoms with E-state index in [0.29, 0.717) is 0 Å². The van der Waals surface area contributed by atoms with Crippen molar-refractivity contribution in [2.45, 2.75) is 46.1 Å². The van der Waals surface area contributed by atoms with Gasteiger partial charge in [-0.3, -0.25) is 4.79 Å². The van der Waals surface area contributed by atoms with Crippen LogP contribution in [0.25, 0.3) is 6.08 Å². The molecule has 0 amide bonds. The normalized spacial score (nSPS) is 11.4. The molecule has 2 aromatic carbocycles. The Morgan fingerprint density at radius 1 is 1.00 bits per heavy atom. The van der Waals surface area contributed by atoms with E-state index in [1.54, 1.807) is 12.1 Å². The van der Waals surface area contributed by atoms with Gasteiger partial charge in [0.15, 0.2) is 5.78 Å². The molecule has 0 radical (unpaired) electrons. The lowest BCUT2D eigenvalue weighted by Crippen LogP contribution is -2.25. The summed E-state index contributed by atoms with van der Waals surface area (Å²) in [4.78, 5) is 16.9. The van der Waals surface area contributed by atoms with E-state index in [1.165, 1.54) is 12.1 Å². The van der Waals surface area contributed by atoms with E-state index in [0.717, 1.165) is 62.1 Å². The fourth-order valence-corrected chi connectivity index (χ4v) is 3.41. The monoisotopic (exact) mass is 410 g/mol. The van der Waals surface area contributed by atoms with Crippen molar-refractivity contribution in [1.29, 1.82) is 0 Å². The molecule has 0 saturated heterocycles. The van der Waals surface area contributed by atoms with Gasteiger partial charge in [-0.25, -0.2) is 4.39 Å². The third kappa shape index (κ3) is 7.10. The minimum absolute atomic E-state index is 0.117. The quantitative estimate of drug-likeness (QED) is 0.308. The first kappa shape index (κ1) is 23.8. The Morgan fingerprint density at radius 3 is 2.27 bits per heavy atom. The van der Waals surface area contributed by atoms with Gasteiger partial charge < -0.3 is 9.80 Å². The number of benzene rings is 2. The Bertz CT molecular complexity index is 837. The third-order valence-electron chi connectivity index (χ3n) is 5.10. The van der Waals surface area contributed by atoms with Gasteiger partial charge >= 0.3 is 0 Å². The summed E-state index contributed by atoms with van der Waals surface area (Å²) < 4.78 is 14.8. The summed E-state index contributed by atoms with van der Waals surface area (Å²) in [6.07, 6.45) is 7.59. The highest BCUT2D eigenvalue weighted by atomic mass is 19.1. The number of hydrogen-bond acceptors (Lipinski definition) is 3. The number of halogens is 1. The highest BCUT2D eigenvalue weighted by Gasteiger charge is 2.13. The number of ketones is 1. The molecule has 2 aromatic rings. The van der Waals surface area contributed by atoms with Crippen molar-refractivity contribution < 1.29 is 9.18 Å². The topological polar surface area (TPSA) is 23.6 Å². The van der Waals surface area contributed by atoms with Crippen molar-refractivity contribution in [3.63, 3.8) is 0 Å². The molecule has 0 N–H and O–H groups in total. The molecule has 162 valence electrons. The number of carbonyl (C=O) groups excluding carboxylic acids is 1. The van der Waals surface area contributed by atoms with Crippen LogP contribution in [0.1, 0.15) is 61.0 Å². The smallest absolute Gasteiger partial charge is 0.188 e. The van der Waals surface area contributed by atoms with E-state index in [2.05, 4.69) is 23.6 Å². The molecule has 0 heterocycles. The standard InChI is InChI=1S/C26H35FN2O/c1-5-7-17-29(18-8-6-2)23-14-15-24(25(27)19-23)26(30)16-13-21-11-9-10-12-22(21)20-28(3)4/h9-16,19H,5-8,17-18,20H2,1-4H3. The highest BCUT2D eigenvalue weighted by Crippen LogP contribution is 2.21. The number of carbonyl (C=O) groups is 1. The second kappa shape index (κ2) is 12.3. The maximum Gasteiger partial charge on any atom is 0.188 e. The molecular formula is C26H35FN2O. The largest absolute Gasteiger partial charge is 0.371 e. The number of nitrogens with zero attached hydrogens (tertiary/aromatic N) is 2. The van der Waals surface area contributed by atoms with Crippen LogP contribution in [0, 0.1) is 5.82 Å². The summed E-state index contributed by atoms with van der Waals surface area (Å²) in [5.41, 5.74) is 3.07. The SMILES string of the molecule is CCCCN(CCCC)c1ccc(C(=O)C=Cc2ccccc2CN(C)C)c(F)c1. The minimum Gasteiger partial charge on any atom is -0.371 e. The van der Waals surface area contributed by atoms with Gasteiger partial charge in [0.2, 0.25) is 0 Å². The van der Waals surface area contributed by atoms with Crippen LogP contribution in [0.5, 0.6) is 0 Å². The van der Waals surface area contributed by atoms with E-state index in [-0.39, 0.29) is 11.3 Å². The number of rotatable bonds is 12. The van der Waals surface area contributed by atoms with E-state index >= 15 is 0 Å². The molecule has 0 aromatic heterocycles. The van der Waals surface area contributed by atoms with Gasteiger partial charge in [-0.15, -0.1) is 0 Å². The average Bonchev–Trinajstić information content (AvgIpc) is 2.72. The van der Waals surface area contributed by atoms with Crippen LogP contribution in [0.3, 0.4) is 0 Å². The molecule has 3 nitrogen and oxygen atoms in total. The average molecular weight is 411 g/mol. The number of hydrogen-bond donors (Lipinski definition) is 0. The third-order valence-corrected chi connectivity index (χ3v) is 5.10. The zero-order chi connectivity index (χ0) is 21.9. The summed E-state index contributed by atoms with van der Waals surface area (Å²) in [7, 11) is 4.01. The maximum absolute atomic E-state index is 14.8. The van der Waals surface area contributed by atoms with Crippen LogP contribution in [0.2, 0.25) is 0 Å². The summed E-state index contributed by atoms with van der Waals surface area (Å²) >= 11 is 0. The van der Waals surface area contributed by atoms with E-state index in [9.17, 15) is 9.18 Å². The van der Waals surface area contributed by atoms with E-state index in [1.807, 2.05) is 44.4 Å². The number of allylic oxidation sites excluding steroid dienone is 1. The molecule has 0 atom stereocenters. The van der Waals surface area contributed by atoms with Crippen LogP contribution in [-0.2, 0) is 6.54 Å². The van der Waals surface area contributed by atoms with Crippen LogP contribution in [0.4, 0.5) is 10.1 Å². The van der Waals surface area contributed by atoms with Gasteiger partial charge in [0, 0.05) is 25.3 Å². The Balaban J connectivity index is 2.18. The Morgan fingerprint density at radius 2 is 1.67 bits per heavy atom. The lowest BCUT2D eigenvalue weighted by Gasteiger charge is -2.25. The van der Waals surface area contributed by atoms with Crippen LogP contribution in [0.15, 0.2) is 48.5 Å². The molecule has 0 aliphatic heterocycles. The molecule has 0 bridgehead atoms. The Kier molecular flexibility index (Phi) is 9.75. The van der Waals surface area contributed by atoms with Gasteiger partial charge in [0.05, 0.1) is 5.56 Å². The molecule has 0 fully saturated rings. The second-order valence-corrected chi connectivity index (χ2v) is 7.99. The van der Waals surface area contributed by atoms with Crippen molar-refractivity contribution >= 4 is 17.5 Å². The predicted octanol–water partition coefficient (Wildman–Crippen LogP) is 6.19. The van der Waals surface area contributed by atoms with E-state index in [4.69, 9.17) is 0 Å². The fraction of sp³-hybridized carbons (Fsp3) is 0.423. The highest BCUT2D eigenvalue weighted by molar-refractivity contribution is 6.07. The zero-order valence-corrected chi connectivity index (χ0v) is 18.8. The predicted molar refractivity (Wildman–Crippen MR) is 126 cm³/mol. The second-order valence-electron chi connectivity index (χ2n) is 7.99. The molecule has 0 unspecified atom stereocenters. The van der Waals surface area contributed by atoms with Crippen molar-refractivity contribution in [1.82, 2.24) is 4.90 Å². The number of anilines is 1. The van der Waals surface area contributed by atoms with Crippen molar-refractivity contribution in [3.05, 3.63) is 71.0 Å². The summed E-state index contributed by atoms with van der Waals surface area (Å²) in [5.74, 6) is -0.769. The maximum atomic E-state index is 14.8. The first-order chi connectivity index (χ1) is 14.5. The van der Waals surface area contributed by atoms with Crippen LogP contribution < -0.4 is 4.90 Å². The summed E-state index contributed by atoms with van der Waals surface area (Å²) in [5, 5.41) is 0. The number of unbranched alkanes of at least 4 members (excludes halogenated alkanes) is 2. The minimum atomic E-state index is -0.457. The molecule has 0 spiro atoms.